The Morgan fingerprint density at radius 1 is 1.53 bits per heavy atom. The number of halogens is 2. The average molecular weight is 216 g/mol. The monoisotopic (exact) mass is 216 g/mol. The van der Waals surface area contributed by atoms with Crippen LogP contribution in [0.1, 0.15) is 12.0 Å². The van der Waals surface area contributed by atoms with E-state index >= 15 is 0 Å². The lowest BCUT2D eigenvalue weighted by Gasteiger charge is -2.09. The predicted octanol–water partition coefficient (Wildman–Crippen LogP) is 1.81. The van der Waals surface area contributed by atoms with Crippen LogP contribution in [-0.2, 0) is 11.2 Å². The lowest BCUT2D eigenvalue weighted by atomic mass is 10.1. The van der Waals surface area contributed by atoms with Crippen LogP contribution in [-0.4, -0.2) is 18.5 Å². The molecule has 5 heteroatoms. The van der Waals surface area contributed by atoms with E-state index in [-0.39, 0.29) is 24.2 Å². The van der Waals surface area contributed by atoms with Gasteiger partial charge in [0.25, 0.3) is 0 Å². The van der Waals surface area contributed by atoms with Crippen LogP contribution in [0.4, 0.5) is 8.78 Å². The summed E-state index contributed by atoms with van der Waals surface area (Å²) in [6.45, 7) is 0. The van der Waals surface area contributed by atoms with Gasteiger partial charge >= 0.3 is 0 Å². The van der Waals surface area contributed by atoms with E-state index in [2.05, 4.69) is 4.74 Å². The van der Waals surface area contributed by atoms with Crippen LogP contribution in [0.25, 0.3) is 0 Å². The van der Waals surface area contributed by atoms with Gasteiger partial charge in [-0.25, -0.2) is 8.78 Å². The third-order valence-electron chi connectivity index (χ3n) is 1.98. The summed E-state index contributed by atoms with van der Waals surface area (Å²) in [6, 6.07) is 0.759. The Balaban J connectivity index is 3.20. The van der Waals surface area contributed by atoms with Crippen molar-refractivity contribution in [3.05, 3.63) is 23.3 Å². The molecule has 0 spiro atoms. The third-order valence-corrected chi connectivity index (χ3v) is 1.98. The molecule has 1 aromatic carbocycles. The highest BCUT2D eigenvalue weighted by molar-refractivity contribution is 5.53. The van der Waals surface area contributed by atoms with Crippen molar-refractivity contribution < 1.29 is 23.4 Å². The molecule has 0 fully saturated rings. The summed E-state index contributed by atoms with van der Waals surface area (Å²) in [7, 11) is 1.23. The molecule has 0 unspecified atom stereocenters. The maximum Gasteiger partial charge on any atom is 0.165 e. The van der Waals surface area contributed by atoms with Crippen molar-refractivity contribution >= 4 is 6.29 Å². The fraction of sp³-hybridized carbons (Fsp3) is 0.300. The molecule has 15 heavy (non-hydrogen) atoms. The molecule has 0 saturated carbocycles. The third kappa shape index (κ3) is 2.23. The quantitative estimate of drug-likeness (QED) is 0.781. The summed E-state index contributed by atoms with van der Waals surface area (Å²) in [6.07, 6.45) is 0.517. The zero-order chi connectivity index (χ0) is 11.4. The van der Waals surface area contributed by atoms with Gasteiger partial charge in [0.05, 0.1) is 7.11 Å². The molecule has 3 nitrogen and oxygen atoms in total. The van der Waals surface area contributed by atoms with E-state index in [1.54, 1.807) is 0 Å². The summed E-state index contributed by atoms with van der Waals surface area (Å²) in [5.74, 6) is -2.85. The minimum Gasteiger partial charge on any atom is -0.504 e. The van der Waals surface area contributed by atoms with E-state index < -0.39 is 17.4 Å². The van der Waals surface area contributed by atoms with Crippen LogP contribution < -0.4 is 4.74 Å². The number of aldehydes is 1. The molecular formula is C10H10F2O3. The molecule has 0 atom stereocenters. The van der Waals surface area contributed by atoms with Gasteiger partial charge in [0.15, 0.2) is 23.1 Å². The summed E-state index contributed by atoms with van der Waals surface area (Å²) in [5, 5.41) is 9.47. The molecule has 0 amide bonds. The minimum atomic E-state index is -1.14. The van der Waals surface area contributed by atoms with Gasteiger partial charge in [-0.1, -0.05) is 0 Å². The van der Waals surface area contributed by atoms with Crippen LogP contribution >= 0.6 is 0 Å². The van der Waals surface area contributed by atoms with E-state index in [1.165, 1.54) is 7.11 Å². The van der Waals surface area contributed by atoms with Gasteiger partial charge in [-0.05, 0) is 6.42 Å². The molecule has 0 aliphatic carbocycles. The Kier molecular flexibility index (Phi) is 3.60. The first-order valence-electron chi connectivity index (χ1n) is 4.29. The van der Waals surface area contributed by atoms with Crippen LogP contribution in [0.15, 0.2) is 6.07 Å². The Morgan fingerprint density at radius 3 is 2.73 bits per heavy atom. The molecule has 1 N–H and O–H groups in total. The zero-order valence-electron chi connectivity index (χ0n) is 8.09. The molecule has 1 rings (SSSR count). The number of methoxy groups -OCH3 is 1. The molecule has 0 aliphatic heterocycles. The number of hydrogen-bond donors (Lipinski definition) is 1. The van der Waals surface area contributed by atoms with E-state index in [4.69, 9.17) is 0 Å². The van der Waals surface area contributed by atoms with Gasteiger partial charge in [0.1, 0.15) is 6.29 Å². The lowest BCUT2D eigenvalue weighted by molar-refractivity contribution is -0.107. The summed E-state index contributed by atoms with van der Waals surface area (Å²) in [5.41, 5.74) is -0.237. The number of benzene rings is 1. The second-order valence-corrected chi connectivity index (χ2v) is 2.91. The maximum atomic E-state index is 13.2. The smallest absolute Gasteiger partial charge is 0.165 e. The first-order chi connectivity index (χ1) is 7.11. The molecule has 1 aromatic rings. The minimum absolute atomic E-state index is 0.0110. The van der Waals surface area contributed by atoms with Crippen LogP contribution in [0.5, 0.6) is 11.5 Å². The van der Waals surface area contributed by atoms with Crippen molar-refractivity contribution in [3.63, 3.8) is 0 Å². The molecule has 0 aromatic heterocycles. The molecule has 0 aliphatic rings. The SMILES string of the molecule is COc1cc(F)c(F)c(CCC=O)c1O. The lowest BCUT2D eigenvalue weighted by Crippen LogP contribution is -1.98. The highest BCUT2D eigenvalue weighted by Crippen LogP contribution is 2.34. The van der Waals surface area contributed by atoms with Crippen molar-refractivity contribution in [2.75, 3.05) is 7.11 Å². The number of phenols is 1. The normalized spacial score (nSPS) is 10.1. The van der Waals surface area contributed by atoms with Gasteiger partial charge in [-0.3, -0.25) is 0 Å². The highest BCUT2D eigenvalue weighted by Gasteiger charge is 2.17. The summed E-state index contributed by atoms with van der Waals surface area (Å²) in [4.78, 5) is 10.1. The Hall–Kier alpha value is -1.65. The topological polar surface area (TPSA) is 46.5 Å². The number of phenolic OH excluding ortho intramolecular Hbond substituents is 1. The predicted molar refractivity (Wildman–Crippen MR) is 49.0 cm³/mol. The van der Waals surface area contributed by atoms with Crippen LogP contribution in [0, 0.1) is 11.6 Å². The van der Waals surface area contributed by atoms with Crippen molar-refractivity contribution in [3.8, 4) is 11.5 Å². The first kappa shape index (κ1) is 11.4. The average Bonchev–Trinajstić information content (AvgIpc) is 2.23. The highest BCUT2D eigenvalue weighted by atomic mass is 19.2. The Morgan fingerprint density at radius 2 is 2.20 bits per heavy atom. The summed E-state index contributed by atoms with van der Waals surface area (Å²) >= 11 is 0. The van der Waals surface area contributed by atoms with E-state index in [0.29, 0.717) is 6.29 Å². The summed E-state index contributed by atoms with van der Waals surface area (Å²) < 4.78 is 30.8. The van der Waals surface area contributed by atoms with Crippen molar-refractivity contribution in [2.45, 2.75) is 12.8 Å². The molecule has 0 radical (unpaired) electrons. The second kappa shape index (κ2) is 4.72. The standard InChI is InChI=1S/C10H10F2O3/c1-15-8-5-7(11)9(12)6(10(8)14)3-2-4-13/h4-5,14H,2-3H2,1H3. The largest absolute Gasteiger partial charge is 0.504 e. The zero-order valence-corrected chi connectivity index (χ0v) is 8.09. The first-order valence-corrected chi connectivity index (χ1v) is 4.29. The number of rotatable bonds is 4. The van der Waals surface area contributed by atoms with E-state index in [0.717, 1.165) is 6.07 Å². The molecule has 0 saturated heterocycles. The number of ether oxygens (including phenoxy) is 1. The molecule has 82 valence electrons. The Bertz CT molecular complexity index is 377. The van der Waals surface area contributed by atoms with Crippen molar-refractivity contribution in [1.82, 2.24) is 0 Å². The number of hydrogen-bond acceptors (Lipinski definition) is 3. The van der Waals surface area contributed by atoms with Gasteiger partial charge in [0, 0.05) is 18.1 Å². The van der Waals surface area contributed by atoms with E-state index in [1.807, 2.05) is 0 Å². The van der Waals surface area contributed by atoms with Gasteiger partial charge in [-0.15, -0.1) is 0 Å². The fourth-order valence-corrected chi connectivity index (χ4v) is 1.23. The van der Waals surface area contributed by atoms with Gasteiger partial charge < -0.3 is 14.6 Å². The maximum absolute atomic E-state index is 13.2. The number of aromatic hydroxyl groups is 1. The van der Waals surface area contributed by atoms with Crippen molar-refractivity contribution in [1.29, 1.82) is 0 Å². The van der Waals surface area contributed by atoms with Gasteiger partial charge in [-0.2, -0.15) is 0 Å². The second-order valence-electron chi connectivity index (χ2n) is 2.91. The van der Waals surface area contributed by atoms with Gasteiger partial charge in [0.2, 0.25) is 0 Å². The van der Waals surface area contributed by atoms with Crippen molar-refractivity contribution in [2.24, 2.45) is 0 Å². The fourth-order valence-electron chi connectivity index (χ4n) is 1.23. The molecule has 0 bridgehead atoms. The Labute approximate surface area is 85.3 Å². The number of carbonyl (C=O) groups is 1. The molecule has 0 heterocycles. The number of carbonyl (C=O) groups excluding carboxylic acids is 1. The van der Waals surface area contributed by atoms with Crippen LogP contribution in [0.2, 0.25) is 0 Å². The van der Waals surface area contributed by atoms with Crippen LogP contribution in [0.3, 0.4) is 0 Å². The van der Waals surface area contributed by atoms with E-state index in [9.17, 15) is 18.7 Å². The molecular weight excluding hydrogens is 206 g/mol.